The number of carbonyl (C=O) groups is 1. The maximum absolute atomic E-state index is 11.8. The summed E-state index contributed by atoms with van der Waals surface area (Å²) in [7, 11) is 0. The maximum Gasteiger partial charge on any atom is 0.317 e. The summed E-state index contributed by atoms with van der Waals surface area (Å²) >= 11 is 0. The summed E-state index contributed by atoms with van der Waals surface area (Å²) in [5, 5.41) is 12.0. The quantitative estimate of drug-likeness (QED) is 0.692. The van der Waals surface area contributed by atoms with E-state index in [1.165, 1.54) is 12.8 Å². The highest BCUT2D eigenvalue weighted by molar-refractivity contribution is 5.74. The van der Waals surface area contributed by atoms with E-state index in [1.807, 2.05) is 0 Å². The van der Waals surface area contributed by atoms with E-state index in [0.29, 0.717) is 19.7 Å². The smallest absolute Gasteiger partial charge is 0.317 e. The lowest BCUT2D eigenvalue weighted by Crippen LogP contribution is -2.46. The molecule has 0 aromatic carbocycles. The van der Waals surface area contributed by atoms with Crippen molar-refractivity contribution in [3.05, 3.63) is 0 Å². The van der Waals surface area contributed by atoms with Gasteiger partial charge in [0.05, 0.1) is 6.61 Å². The Labute approximate surface area is 108 Å². The fraction of sp³-hybridized carbons (Fsp3) is 0.923. The highest BCUT2D eigenvalue weighted by Crippen LogP contribution is 2.28. The number of hydrogen-bond acceptors (Lipinski definition) is 3. The number of likely N-dealkylation sites (tertiary alicyclic amines) is 1. The van der Waals surface area contributed by atoms with E-state index >= 15 is 0 Å². The van der Waals surface area contributed by atoms with Crippen LogP contribution in [0.25, 0.3) is 0 Å². The zero-order valence-corrected chi connectivity index (χ0v) is 10.9. The monoisotopic (exact) mass is 256 g/mol. The van der Waals surface area contributed by atoms with E-state index in [-0.39, 0.29) is 18.6 Å². The lowest BCUT2D eigenvalue weighted by molar-refractivity contribution is 0.115. The van der Waals surface area contributed by atoms with Crippen molar-refractivity contribution in [3.8, 4) is 0 Å². The Morgan fingerprint density at radius 1 is 1.33 bits per heavy atom. The maximum atomic E-state index is 11.8. The first-order chi connectivity index (χ1) is 8.79. The molecule has 0 aromatic rings. The largest absolute Gasteiger partial charge is 0.396 e. The third kappa shape index (κ3) is 4.46. The summed E-state index contributed by atoms with van der Waals surface area (Å²) in [6.07, 6.45) is 4.59. The number of hydrogen-bond donors (Lipinski definition) is 2. The highest BCUT2D eigenvalue weighted by atomic mass is 16.5. The van der Waals surface area contributed by atoms with Crippen LogP contribution in [-0.4, -0.2) is 55.5 Å². The molecule has 104 valence electrons. The van der Waals surface area contributed by atoms with Gasteiger partial charge in [0.25, 0.3) is 0 Å². The number of aliphatic hydroxyl groups excluding tert-OH is 1. The van der Waals surface area contributed by atoms with Gasteiger partial charge in [0.15, 0.2) is 0 Å². The predicted octanol–water partition coefficient (Wildman–Crippen LogP) is 0.827. The summed E-state index contributed by atoms with van der Waals surface area (Å²) < 4.78 is 5.46. The highest BCUT2D eigenvalue weighted by Gasteiger charge is 2.23. The molecule has 0 spiro atoms. The van der Waals surface area contributed by atoms with Crippen molar-refractivity contribution in [2.75, 3.05) is 39.5 Å². The van der Waals surface area contributed by atoms with Crippen molar-refractivity contribution in [2.24, 2.45) is 11.8 Å². The summed E-state index contributed by atoms with van der Waals surface area (Å²) in [5.41, 5.74) is 0. The molecule has 5 heteroatoms. The molecule has 2 amide bonds. The fourth-order valence-electron chi connectivity index (χ4n) is 2.28. The van der Waals surface area contributed by atoms with Gasteiger partial charge < -0.3 is 20.1 Å². The number of aliphatic hydroxyl groups is 1. The molecular weight excluding hydrogens is 232 g/mol. The molecule has 1 aliphatic carbocycles. The van der Waals surface area contributed by atoms with Crippen LogP contribution < -0.4 is 5.32 Å². The van der Waals surface area contributed by atoms with Crippen molar-refractivity contribution >= 4 is 6.03 Å². The molecule has 1 heterocycles. The summed E-state index contributed by atoms with van der Waals surface area (Å²) in [6, 6.07) is -0.0248. The molecule has 1 atom stereocenters. The Balaban J connectivity index is 1.55. The van der Waals surface area contributed by atoms with Crippen molar-refractivity contribution in [2.45, 2.75) is 25.7 Å². The number of rotatable bonds is 6. The van der Waals surface area contributed by atoms with Crippen LogP contribution in [-0.2, 0) is 4.74 Å². The molecule has 2 N–H and O–H groups in total. The molecule has 5 nitrogen and oxygen atoms in total. The number of piperidine rings is 1. The Morgan fingerprint density at radius 2 is 2.17 bits per heavy atom. The van der Waals surface area contributed by atoms with Crippen LogP contribution in [0.3, 0.4) is 0 Å². The molecule has 2 rings (SSSR count). The van der Waals surface area contributed by atoms with Crippen LogP contribution in [0.1, 0.15) is 25.7 Å². The van der Waals surface area contributed by atoms with E-state index in [2.05, 4.69) is 5.32 Å². The SMILES string of the molecule is O=C(NCCOCC1CC1)N1CCCC(CO)C1. The molecule has 1 saturated carbocycles. The second-order valence-corrected chi connectivity index (χ2v) is 5.39. The third-order valence-corrected chi connectivity index (χ3v) is 3.64. The number of nitrogens with one attached hydrogen (secondary N) is 1. The number of nitrogens with zero attached hydrogens (tertiary/aromatic N) is 1. The third-order valence-electron chi connectivity index (χ3n) is 3.64. The molecule has 18 heavy (non-hydrogen) atoms. The zero-order valence-electron chi connectivity index (χ0n) is 10.9. The lowest BCUT2D eigenvalue weighted by Gasteiger charge is -2.31. The van der Waals surface area contributed by atoms with Gasteiger partial charge in [0.1, 0.15) is 0 Å². The second-order valence-electron chi connectivity index (χ2n) is 5.39. The predicted molar refractivity (Wildman–Crippen MR) is 68.3 cm³/mol. The van der Waals surface area contributed by atoms with Crippen LogP contribution >= 0.6 is 0 Å². The number of carbonyl (C=O) groups excluding carboxylic acids is 1. The van der Waals surface area contributed by atoms with Gasteiger partial charge in [-0.1, -0.05) is 0 Å². The van der Waals surface area contributed by atoms with E-state index in [9.17, 15) is 4.79 Å². The fourth-order valence-corrected chi connectivity index (χ4v) is 2.28. The first-order valence-electron chi connectivity index (χ1n) is 7.01. The second kappa shape index (κ2) is 6.95. The lowest BCUT2D eigenvalue weighted by atomic mass is 9.99. The molecule has 1 unspecified atom stereocenters. The summed E-state index contributed by atoms with van der Waals surface area (Å²) in [4.78, 5) is 13.6. The van der Waals surface area contributed by atoms with Crippen molar-refractivity contribution in [3.63, 3.8) is 0 Å². The van der Waals surface area contributed by atoms with E-state index in [0.717, 1.165) is 31.9 Å². The van der Waals surface area contributed by atoms with Gasteiger partial charge in [0.2, 0.25) is 0 Å². The van der Waals surface area contributed by atoms with Gasteiger partial charge in [-0.25, -0.2) is 4.79 Å². The van der Waals surface area contributed by atoms with Crippen LogP contribution in [0.2, 0.25) is 0 Å². The number of amides is 2. The average molecular weight is 256 g/mol. The molecule has 2 aliphatic rings. The van der Waals surface area contributed by atoms with Gasteiger partial charge in [-0.3, -0.25) is 0 Å². The minimum absolute atomic E-state index is 0.0248. The Morgan fingerprint density at radius 3 is 2.89 bits per heavy atom. The van der Waals surface area contributed by atoms with Crippen molar-refractivity contribution in [1.29, 1.82) is 0 Å². The molecule has 0 aromatic heterocycles. The van der Waals surface area contributed by atoms with Crippen molar-refractivity contribution < 1.29 is 14.6 Å². The normalized spacial score (nSPS) is 24.1. The Hall–Kier alpha value is -0.810. The first kappa shape index (κ1) is 13.6. The van der Waals surface area contributed by atoms with Crippen LogP contribution in [0, 0.1) is 11.8 Å². The standard InChI is InChI=1S/C13H24N2O3/c16-9-12-2-1-6-15(8-12)13(17)14-5-7-18-10-11-3-4-11/h11-12,16H,1-10H2,(H,14,17). The summed E-state index contributed by atoms with van der Waals surface area (Å²) in [5.74, 6) is 1.02. The first-order valence-corrected chi connectivity index (χ1v) is 7.01. The minimum atomic E-state index is -0.0248. The molecule has 0 bridgehead atoms. The minimum Gasteiger partial charge on any atom is -0.396 e. The molecule has 2 fully saturated rings. The van der Waals surface area contributed by atoms with E-state index in [1.54, 1.807) is 4.90 Å². The van der Waals surface area contributed by atoms with Crippen LogP contribution in [0.5, 0.6) is 0 Å². The van der Waals surface area contributed by atoms with Gasteiger partial charge in [0, 0.05) is 32.8 Å². The van der Waals surface area contributed by atoms with E-state index in [4.69, 9.17) is 9.84 Å². The molecular formula is C13H24N2O3. The topological polar surface area (TPSA) is 61.8 Å². The number of ether oxygens (including phenoxy) is 1. The number of urea groups is 1. The van der Waals surface area contributed by atoms with Crippen molar-refractivity contribution in [1.82, 2.24) is 10.2 Å². The molecule has 0 radical (unpaired) electrons. The van der Waals surface area contributed by atoms with E-state index < -0.39 is 0 Å². The van der Waals surface area contributed by atoms with Gasteiger partial charge >= 0.3 is 6.03 Å². The van der Waals surface area contributed by atoms with Crippen LogP contribution in [0.15, 0.2) is 0 Å². The summed E-state index contributed by atoms with van der Waals surface area (Å²) in [6.45, 7) is 3.66. The van der Waals surface area contributed by atoms with Crippen LogP contribution in [0.4, 0.5) is 4.79 Å². The average Bonchev–Trinajstić information content (AvgIpc) is 3.22. The van der Waals surface area contributed by atoms with Gasteiger partial charge in [-0.2, -0.15) is 0 Å². The molecule has 1 saturated heterocycles. The van der Waals surface area contributed by atoms with Gasteiger partial charge in [-0.05, 0) is 37.5 Å². The Bertz CT molecular complexity index is 269. The zero-order chi connectivity index (χ0) is 12.8. The molecule has 1 aliphatic heterocycles. The van der Waals surface area contributed by atoms with Gasteiger partial charge in [-0.15, -0.1) is 0 Å². The Kier molecular flexibility index (Phi) is 5.26.